The molecule has 1 aliphatic carbocycles. The van der Waals surface area contributed by atoms with E-state index in [1.165, 1.54) is 0 Å². The van der Waals surface area contributed by atoms with E-state index in [1.807, 2.05) is 36.4 Å². The molecule has 0 saturated heterocycles. The van der Waals surface area contributed by atoms with E-state index in [4.69, 9.17) is 0 Å². The lowest BCUT2D eigenvalue weighted by molar-refractivity contribution is 0.397. The monoisotopic (exact) mass is 289 g/mol. The molecule has 0 fully saturated rings. The summed E-state index contributed by atoms with van der Waals surface area (Å²) in [5, 5.41) is 22.3. The maximum Gasteiger partial charge on any atom is 0.459 e. The highest BCUT2D eigenvalue weighted by atomic mass is 16.4. The zero-order valence-corrected chi connectivity index (χ0v) is 12.1. The topological polar surface area (TPSA) is 45.4 Å². The molecule has 2 aromatic carbocycles. The van der Waals surface area contributed by atoms with Gasteiger partial charge in [-0.15, -0.1) is 0 Å². The largest absolute Gasteiger partial charge is 0.459 e. The first-order valence-electron chi connectivity index (χ1n) is 7.49. The van der Waals surface area contributed by atoms with Crippen molar-refractivity contribution in [3.8, 4) is 5.69 Å². The third-order valence-corrected chi connectivity index (χ3v) is 4.31. The summed E-state index contributed by atoms with van der Waals surface area (Å²) < 4.78 is 2.24. The molecule has 1 aromatic heterocycles. The molecule has 0 amide bonds. The van der Waals surface area contributed by atoms with Gasteiger partial charge in [-0.3, -0.25) is 0 Å². The highest BCUT2D eigenvalue weighted by Crippen LogP contribution is 2.21. The molecular weight excluding hydrogens is 273 g/mol. The Kier molecular flexibility index (Phi) is 3.14. The molecule has 0 spiro atoms. The lowest BCUT2D eigenvalue weighted by atomic mass is 9.69. The maximum absolute atomic E-state index is 9.50. The molecule has 3 nitrogen and oxygen atoms in total. The minimum atomic E-state index is -1.32. The molecule has 4 heteroatoms. The van der Waals surface area contributed by atoms with Gasteiger partial charge in [-0.05, 0) is 24.6 Å². The molecule has 3 aromatic rings. The van der Waals surface area contributed by atoms with E-state index in [1.54, 1.807) is 0 Å². The summed E-state index contributed by atoms with van der Waals surface area (Å²) >= 11 is 0. The molecule has 0 radical (unpaired) electrons. The number of para-hydroxylation sites is 2. The summed E-state index contributed by atoms with van der Waals surface area (Å²) in [4.78, 5) is 0. The minimum Gasteiger partial charge on any atom is -0.427 e. The van der Waals surface area contributed by atoms with Crippen LogP contribution in [0.2, 0.25) is 5.82 Å². The first-order valence-corrected chi connectivity index (χ1v) is 7.49. The summed E-state index contributed by atoms with van der Waals surface area (Å²) in [7, 11) is -1.32. The Labute approximate surface area is 128 Å². The summed E-state index contributed by atoms with van der Waals surface area (Å²) in [6, 6.07) is 18.5. The van der Waals surface area contributed by atoms with Gasteiger partial charge in [0.15, 0.2) is 0 Å². The van der Waals surface area contributed by atoms with Gasteiger partial charge >= 0.3 is 7.12 Å². The second kappa shape index (κ2) is 5.16. The van der Waals surface area contributed by atoms with Crippen molar-refractivity contribution in [1.29, 1.82) is 0 Å². The van der Waals surface area contributed by atoms with Crippen molar-refractivity contribution in [1.82, 2.24) is 4.57 Å². The standard InChI is InChI=1S/C18H16BNO2/c21-19(22)13-10-11-18-16(12-13)15-8-4-5-9-17(15)20(18)14-6-2-1-3-7-14/h1-9,11-13,21-22H,10H2. The Balaban J connectivity index is 2.11. The SMILES string of the molecule is OB(O)C1C=c2c(n(-c3ccccc3)c3ccccc23)=CC1. The zero-order chi connectivity index (χ0) is 15.1. The highest BCUT2D eigenvalue weighted by molar-refractivity contribution is 6.45. The normalized spacial score (nSPS) is 16.7. The Morgan fingerprint density at radius 2 is 1.68 bits per heavy atom. The molecular formula is C18H16BNO2. The highest BCUT2D eigenvalue weighted by Gasteiger charge is 2.23. The van der Waals surface area contributed by atoms with Crippen molar-refractivity contribution in [2.75, 3.05) is 0 Å². The van der Waals surface area contributed by atoms with E-state index >= 15 is 0 Å². The zero-order valence-electron chi connectivity index (χ0n) is 12.1. The molecule has 22 heavy (non-hydrogen) atoms. The van der Waals surface area contributed by atoms with Crippen molar-refractivity contribution in [2.24, 2.45) is 0 Å². The van der Waals surface area contributed by atoms with Crippen LogP contribution in [0.5, 0.6) is 0 Å². The summed E-state index contributed by atoms with van der Waals surface area (Å²) in [5.41, 5.74) is 2.26. The van der Waals surface area contributed by atoms with Crippen LogP contribution >= 0.6 is 0 Å². The minimum absolute atomic E-state index is 0.248. The molecule has 4 rings (SSSR count). The second-order valence-corrected chi connectivity index (χ2v) is 5.67. The van der Waals surface area contributed by atoms with E-state index in [9.17, 15) is 10.0 Å². The molecule has 0 aliphatic heterocycles. The number of hydrogen-bond acceptors (Lipinski definition) is 2. The molecule has 2 N–H and O–H groups in total. The molecule has 0 bridgehead atoms. The Bertz CT molecular complexity index is 944. The van der Waals surface area contributed by atoms with E-state index in [0.29, 0.717) is 6.42 Å². The van der Waals surface area contributed by atoms with Gasteiger partial charge in [-0.1, -0.05) is 48.6 Å². The lowest BCUT2D eigenvalue weighted by Gasteiger charge is -2.12. The first-order chi connectivity index (χ1) is 10.8. The van der Waals surface area contributed by atoms with Crippen molar-refractivity contribution >= 4 is 30.2 Å². The number of benzene rings is 2. The Morgan fingerprint density at radius 3 is 2.45 bits per heavy atom. The molecule has 1 atom stereocenters. The number of hydrogen-bond donors (Lipinski definition) is 2. The number of fused-ring (bicyclic) bond motifs is 3. The molecule has 1 unspecified atom stereocenters. The Hall–Kier alpha value is -2.30. The van der Waals surface area contributed by atoms with E-state index in [0.717, 1.165) is 27.2 Å². The quantitative estimate of drug-likeness (QED) is 0.701. The Morgan fingerprint density at radius 1 is 0.955 bits per heavy atom. The number of nitrogens with zero attached hydrogens (tertiary/aromatic N) is 1. The van der Waals surface area contributed by atoms with E-state index < -0.39 is 7.12 Å². The van der Waals surface area contributed by atoms with Gasteiger partial charge in [0.1, 0.15) is 0 Å². The van der Waals surface area contributed by atoms with Crippen LogP contribution in [0, 0.1) is 0 Å². The molecule has 1 aliphatic rings. The van der Waals surface area contributed by atoms with Crippen LogP contribution in [-0.4, -0.2) is 21.7 Å². The third-order valence-electron chi connectivity index (χ3n) is 4.31. The lowest BCUT2D eigenvalue weighted by Crippen LogP contribution is -2.34. The fourth-order valence-electron chi connectivity index (χ4n) is 3.25. The summed E-state index contributed by atoms with van der Waals surface area (Å²) in [6.45, 7) is 0. The average molecular weight is 289 g/mol. The van der Waals surface area contributed by atoms with Gasteiger partial charge in [0, 0.05) is 27.5 Å². The fourth-order valence-corrected chi connectivity index (χ4v) is 3.25. The predicted octanol–water partition coefficient (Wildman–Crippen LogP) is 1.44. The van der Waals surface area contributed by atoms with Crippen LogP contribution < -0.4 is 10.6 Å². The average Bonchev–Trinajstić information content (AvgIpc) is 2.89. The fraction of sp³-hybridized carbons (Fsp3) is 0.111. The van der Waals surface area contributed by atoms with Crippen LogP contribution in [0.15, 0.2) is 54.6 Å². The van der Waals surface area contributed by atoms with Crippen LogP contribution in [0.3, 0.4) is 0 Å². The van der Waals surface area contributed by atoms with E-state index in [2.05, 4.69) is 34.9 Å². The van der Waals surface area contributed by atoms with Crippen LogP contribution in [0.1, 0.15) is 6.42 Å². The summed E-state index contributed by atoms with van der Waals surface area (Å²) in [6.07, 6.45) is 4.72. The summed E-state index contributed by atoms with van der Waals surface area (Å²) in [5.74, 6) is -0.248. The van der Waals surface area contributed by atoms with Gasteiger partial charge in [-0.2, -0.15) is 0 Å². The molecule has 0 saturated carbocycles. The van der Waals surface area contributed by atoms with Crippen LogP contribution in [0.25, 0.3) is 28.7 Å². The van der Waals surface area contributed by atoms with Crippen molar-refractivity contribution in [3.63, 3.8) is 0 Å². The van der Waals surface area contributed by atoms with Crippen LogP contribution in [-0.2, 0) is 0 Å². The number of aromatic nitrogens is 1. The van der Waals surface area contributed by atoms with Crippen LogP contribution in [0.4, 0.5) is 0 Å². The van der Waals surface area contributed by atoms with Gasteiger partial charge in [-0.25, -0.2) is 0 Å². The molecule has 108 valence electrons. The molecule has 1 heterocycles. The van der Waals surface area contributed by atoms with Crippen molar-refractivity contribution in [2.45, 2.75) is 12.2 Å². The van der Waals surface area contributed by atoms with Gasteiger partial charge in [0.05, 0.1) is 5.52 Å². The van der Waals surface area contributed by atoms with Gasteiger partial charge in [0.25, 0.3) is 0 Å². The smallest absolute Gasteiger partial charge is 0.427 e. The van der Waals surface area contributed by atoms with Gasteiger partial charge < -0.3 is 14.6 Å². The third kappa shape index (κ3) is 2.00. The van der Waals surface area contributed by atoms with Crippen molar-refractivity contribution in [3.05, 3.63) is 65.2 Å². The predicted molar refractivity (Wildman–Crippen MR) is 90.0 cm³/mol. The van der Waals surface area contributed by atoms with E-state index in [-0.39, 0.29) is 5.82 Å². The maximum atomic E-state index is 9.50. The second-order valence-electron chi connectivity index (χ2n) is 5.67. The number of rotatable bonds is 2. The van der Waals surface area contributed by atoms with Gasteiger partial charge in [0.2, 0.25) is 0 Å². The first kappa shape index (κ1) is 13.4. The van der Waals surface area contributed by atoms with Crippen molar-refractivity contribution < 1.29 is 10.0 Å².